The Kier molecular flexibility index (Phi) is 5.06. The minimum Gasteiger partial charge on any atom is -0.358 e. The van der Waals surface area contributed by atoms with Gasteiger partial charge in [0.1, 0.15) is 28.9 Å². The van der Waals surface area contributed by atoms with Crippen LogP contribution in [0.25, 0.3) is 27.8 Å². The van der Waals surface area contributed by atoms with Crippen molar-refractivity contribution in [1.29, 1.82) is 0 Å². The third kappa shape index (κ3) is 3.37. The molecule has 0 amide bonds. The number of nitrogens with one attached hydrogen (secondary N) is 2. The second-order valence-corrected chi connectivity index (χ2v) is 7.39. The molecule has 0 aliphatic rings. The van der Waals surface area contributed by atoms with E-state index in [0.717, 1.165) is 6.42 Å². The van der Waals surface area contributed by atoms with E-state index in [9.17, 15) is 9.18 Å². The first-order chi connectivity index (χ1) is 15.7. The zero-order chi connectivity index (χ0) is 22.1. The summed E-state index contributed by atoms with van der Waals surface area (Å²) in [5, 5.41) is 3.37. The van der Waals surface area contributed by atoms with Gasteiger partial charge in [-0.15, -0.1) is 0 Å². The quantitative estimate of drug-likeness (QED) is 0.421. The second-order valence-electron chi connectivity index (χ2n) is 7.39. The van der Waals surface area contributed by atoms with Gasteiger partial charge in [0.05, 0.1) is 23.6 Å². The second kappa shape index (κ2) is 8.18. The van der Waals surface area contributed by atoms with Gasteiger partial charge in [-0.25, -0.2) is 24.3 Å². The third-order valence-electron chi connectivity index (χ3n) is 5.31. The molecule has 5 rings (SSSR count). The van der Waals surface area contributed by atoms with E-state index in [1.165, 1.54) is 17.0 Å². The molecule has 5 aromatic rings. The van der Waals surface area contributed by atoms with Crippen molar-refractivity contribution >= 4 is 27.9 Å². The summed E-state index contributed by atoms with van der Waals surface area (Å²) in [7, 11) is 0. The zero-order valence-electron chi connectivity index (χ0n) is 17.3. The summed E-state index contributed by atoms with van der Waals surface area (Å²) >= 11 is 0. The molecule has 2 aromatic carbocycles. The number of halogens is 1. The van der Waals surface area contributed by atoms with E-state index in [1.807, 2.05) is 25.1 Å². The fraction of sp³-hybridized carbons (Fsp3) is 0.174. The standard InChI is InChI=1S/C23H20FN7O/c1-2-7-17(29-21-19-20(26-12-25-19)27-13-28-21)22-30-16-11-6-10-15(24)18(16)23(32)31(22)14-8-4-3-5-9-14/h3-6,8-13,17H,2,7H2,1H3,(H2,25,26,27,28,29)/t17-/m0/s1. The summed E-state index contributed by atoms with van der Waals surface area (Å²) in [6, 6.07) is 13.2. The van der Waals surface area contributed by atoms with E-state index in [2.05, 4.69) is 25.3 Å². The molecular formula is C23H20FN7O. The van der Waals surface area contributed by atoms with Crippen LogP contribution in [0.5, 0.6) is 0 Å². The summed E-state index contributed by atoms with van der Waals surface area (Å²) in [5.41, 5.74) is 1.67. The maximum Gasteiger partial charge on any atom is 0.269 e. The molecule has 3 aromatic heterocycles. The normalized spacial score (nSPS) is 12.3. The van der Waals surface area contributed by atoms with E-state index >= 15 is 0 Å². The number of fused-ring (bicyclic) bond motifs is 2. The lowest BCUT2D eigenvalue weighted by atomic mass is 10.1. The minimum absolute atomic E-state index is 0.0339. The van der Waals surface area contributed by atoms with Crippen molar-refractivity contribution in [2.24, 2.45) is 0 Å². The number of para-hydroxylation sites is 1. The molecule has 0 radical (unpaired) electrons. The van der Waals surface area contributed by atoms with Crippen molar-refractivity contribution in [2.45, 2.75) is 25.8 Å². The Balaban J connectivity index is 1.74. The highest BCUT2D eigenvalue weighted by atomic mass is 19.1. The first kappa shape index (κ1) is 19.8. The molecular weight excluding hydrogens is 409 g/mol. The van der Waals surface area contributed by atoms with E-state index in [1.54, 1.807) is 30.6 Å². The van der Waals surface area contributed by atoms with Crippen LogP contribution in [0.3, 0.4) is 0 Å². The molecule has 0 saturated heterocycles. The van der Waals surface area contributed by atoms with Crippen molar-refractivity contribution in [1.82, 2.24) is 29.5 Å². The lowest BCUT2D eigenvalue weighted by molar-refractivity contribution is 0.610. The summed E-state index contributed by atoms with van der Waals surface area (Å²) in [5.74, 6) is 0.442. The first-order valence-electron chi connectivity index (χ1n) is 10.3. The number of nitrogens with zero attached hydrogens (tertiary/aromatic N) is 5. The Morgan fingerprint density at radius 1 is 1.09 bits per heavy atom. The number of benzene rings is 2. The fourth-order valence-corrected chi connectivity index (χ4v) is 3.86. The average molecular weight is 429 g/mol. The van der Waals surface area contributed by atoms with Crippen molar-refractivity contribution < 1.29 is 4.39 Å². The molecule has 0 unspecified atom stereocenters. The van der Waals surface area contributed by atoms with E-state index in [0.29, 0.717) is 40.4 Å². The Hall–Kier alpha value is -4.14. The predicted molar refractivity (Wildman–Crippen MR) is 120 cm³/mol. The number of aromatic amines is 1. The molecule has 8 nitrogen and oxygen atoms in total. The summed E-state index contributed by atoms with van der Waals surface area (Å²) in [4.78, 5) is 34.0. The summed E-state index contributed by atoms with van der Waals surface area (Å²) < 4.78 is 16.1. The molecule has 0 saturated carbocycles. The van der Waals surface area contributed by atoms with Crippen LogP contribution in [-0.4, -0.2) is 29.5 Å². The van der Waals surface area contributed by atoms with Crippen LogP contribution in [0, 0.1) is 5.82 Å². The maximum absolute atomic E-state index is 14.6. The van der Waals surface area contributed by atoms with Crippen molar-refractivity contribution in [3.63, 3.8) is 0 Å². The highest BCUT2D eigenvalue weighted by Crippen LogP contribution is 2.27. The van der Waals surface area contributed by atoms with E-state index in [4.69, 9.17) is 4.98 Å². The number of H-pyrrole nitrogens is 1. The van der Waals surface area contributed by atoms with Crippen LogP contribution < -0.4 is 10.9 Å². The number of hydrogen-bond acceptors (Lipinski definition) is 6. The van der Waals surface area contributed by atoms with Gasteiger partial charge in [-0.05, 0) is 30.7 Å². The minimum atomic E-state index is -0.591. The van der Waals surface area contributed by atoms with Crippen LogP contribution in [0.4, 0.5) is 10.2 Å². The van der Waals surface area contributed by atoms with Gasteiger partial charge in [0, 0.05) is 0 Å². The average Bonchev–Trinajstić information content (AvgIpc) is 3.29. The third-order valence-corrected chi connectivity index (χ3v) is 5.31. The largest absolute Gasteiger partial charge is 0.358 e. The van der Waals surface area contributed by atoms with Crippen molar-refractivity contribution in [2.75, 3.05) is 5.32 Å². The van der Waals surface area contributed by atoms with Crippen LogP contribution >= 0.6 is 0 Å². The molecule has 2 N–H and O–H groups in total. The number of aromatic nitrogens is 6. The molecule has 0 fully saturated rings. The van der Waals surface area contributed by atoms with Gasteiger partial charge in [0.2, 0.25) is 0 Å². The van der Waals surface area contributed by atoms with E-state index < -0.39 is 11.4 Å². The van der Waals surface area contributed by atoms with Gasteiger partial charge in [-0.2, -0.15) is 0 Å². The molecule has 0 spiro atoms. The Morgan fingerprint density at radius 3 is 2.75 bits per heavy atom. The van der Waals surface area contributed by atoms with Crippen LogP contribution in [-0.2, 0) is 0 Å². The number of imidazole rings is 1. The van der Waals surface area contributed by atoms with Gasteiger partial charge in [-0.1, -0.05) is 37.6 Å². The number of anilines is 1. The van der Waals surface area contributed by atoms with Crippen molar-refractivity contribution in [3.8, 4) is 5.69 Å². The monoisotopic (exact) mass is 429 g/mol. The molecule has 9 heteroatoms. The summed E-state index contributed by atoms with van der Waals surface area (Å²) in [6.45, 7) is 2.05. The number of rotatable bonds is 6. The zero-order valence-corrected chi connectivity index (χ0v) is 17.3. The van der Waals surface area contributed by atoms with Crippen LogP contribution in [0.15, 0.2) is 66.0 Å². The van der Waals surface area contributed by atoms with Crippen molar-refractivity contribution in [3.05, 3.63) is 83.2 Å². The molecule has 160 valence electrons. The van der Waals surface area contributed by atoms with Gasteiger partial charge in [0.15, 0.2) is 11.5 Å². The van der Waals surface area contributed by atoms with Crippen LogP contribution in [0.1, 0.15) is 31.6 Å². The first-order valence-corrected chi connectivity index (χ1v) is 10.3. The Morgan fingerprint density at radius 2 is 1.94 bits per heavy atom. The molecule has 0 aliphatic carbocycles. The van der Waals surface area contributed by atoms with Gasteiger partial charge >= 0.3 is 0 Å². The summed E-state index contributed by atoms with van der Waals surface area (Å²) in [6.07, 6.45) is 4.47. The molecule has 32 heavy (non-hydrogen) atoms. The molecule has 1 atom stereocenters. The molecule has 3 heterocycles. The van der Waals surface area contributed by atoms with Gasteiger partial charge in [-0.3, -0.25) is 9.36 Å². The molecule has 0 aliphatic heterocycles. The van der Waals surface area contributed by atoms with Gasteiger partial charge in [0.25, 0.3) is 5.56 Å². The highest BCUT2D eigenvalue weighted by molar-refractivity contribution is 5.82. The van der Waals surface area contributed by atoms with E-state index in [-0.39, 0.29) is 11.4 Å². The maximum atomic E-state index is 14.6. The SMILES string of the molecule is CCC[C@H](Nc1ncnc2nc[nH]c12)c1nc2cccc(F)c2c(=O)n1-c1ccccc1. The predicted octanol–water partition coefficient (Wildman–Crippen LogP) is 4.14. The fourth-order valence-electron chi connectivity index (χ4n) is 3.86. The smallest absolute Gasteiger partial charge is 0.269 e. The van der Waals surface area contributed by atoms with Gasteiger partial charge < -0.3 is 10.3 Å². The molecule has 0 bridgehead atoms. The highest BCUT2D eigenvalue weighted by Gasteiger charge is 2.23. The topological polar surface area (TPSA) is 101 Å². The van der Waals surface area contributed by atoms with Crippen LogP contribution in [0.2, 0.25) is 0 Å². The Bertz CT molecular complexity index is 1460. The number of hydrogen-bond donors (Lipinski definition) is 2. The lowest BCUT2D eigenvalue weighted by Gasteiger charge is -2.23. The lowest BCUT2D eigenvalue weighted by Crippen LogP contribution is -2.29. The Labute approximate surface area is 182 Å².